The second-order valence-electron chi connectivity index (χ2n) is 2.19. The molecule has 11 heavy (non-hydrogen) atoms. The third-order valence-corrected chi connectivity index (χ3v) is 2.67. The van der Waals surface area contributed by atoms with Gasteiger partial charge in [0.2, 0.25) is 5.13 Å². The highest BCUT2D eigenvalue weighted by atomic mass is 79.9. The summed E-state index contributed by atoms with van der Waals surface area (Å²) in [6.07, 6.45) is 1.14. The summed E-state index contributed by atoms with van der Waals surface area (Å²) >= 11 is 4.95. The van der Waals surface area contributed by atoms with Gasteiger partial charge in [0.1, 0.15) is 5.51 Å². The molecule has 0 atom stereocenters. The fourth-order valence-electron chi connectivity index (χ4n) is 0.726. The molecule has 0 aliphatic heterocycles. The van der Waals surface area contributed by atoms with E-state index < -0.39 is 0 Å². The number of nitrogens with zero attached hydrogens (tertiary/aromatic N) is 3. The largest absolute Gasteiger partial charge is 0.350 e. The monoisotopic (exact) mass is 235 g/mol. The molecule has 0 saturated carbocycles. The lowest BCUT2D eigenvalue weighted by molar-refractivity contribution is 0.847. The maximum absolute atomic E-state index is 3.95. The topological polar surface area (TPSA) is 29.0 Å². The van der Waals surface area contributed by atoms with Crippen molar-refractivity contribution in [3.05, 3.63) is 5.51 Å². The Morgan fingerprint density at radius 3 is 3.09 bits per heavy atom. The molecule has 1 rings (SSSR count). The Morgan fingerprint density at radius 2 is 2.55 bits per heavy atom. The van der Waals surface area contributed by atoms with Crippen LogP contribution in [0.5, 0.6) is 0 Å². The van der Waals surface area contributed by atoms with Gasteiger partial charge in [-0.2, -0.15) is 0 Å². The summed E-state index contributed by atoms with van der Waals surface area (Å²) in [6.45, 7) is 1.03. The quantitative estimate of drug-likeness (QED) is 0.746. The Morgan fingerprint density at radius 1 is 1.73 bits per heavy atom. The van der Waals surface area contributed by atoms with E-state index in [4.69, 9.17) is 0 Å². The van der Waals surface area contributed by atoms with Crippen LogP contribution in [0.1, 0.15) is 6.42 Å². The Bertz CT molecular complexity index is 190. The molecule has 0 amide bonds. The van der Waals surface area contributed by atoms with Crippen LogP contribution in [0.25, 0.3) is 0 Å². The van der Waals surface area contributed by atoms with Gasteiger partial charge in [-0.1, -0.05) is 27.3 Å². The fourth-order valence-corrected chi connectivity index (χ4v) is 1.53. The van der Waals surface area contributed by atoms with Crippen molar-refractivity contribution >= 4 is 32.4 Å². The lowest BCUT2D eigenvalue weighted by Gasteiger charge is -2.12. The summed E-state index contributed by atoms with van der Waals surface area (Å²) in [5, 5.41) is 9.74. The molecular formula is C6H10BrN3S. The fraction of sp³-hybridized carbons (Fsp3) is 0.667. The molecule has 0 spiro atoms. The lowest BCUT2D eigenvalue weighted by atomic mass is 10.5. The van der Waals surface area contributed by atoms with E-state index in [0.717, 1.165) is 23.4 Å². The first-order valence-electron chi connectivity index (χ1n) is 3.38. The molecule has 5 heteroatoms. The summed E-state index contributed by atoms with van der Waals surface area (Å²) in [5.41, 5.74) is 1.75. The first-order chi connectivity index (χ1) is 5.34. The van der Waals surface area contributed by atoms with Crippen LogP contribution in [0, 0.1) is 0 Å². The summed E-state index contributed by atoms with van der Waals surface area (Å²) in [7, 11) is 2.03. The Labute approximate surface area is 78.6 Å². The van der Waals surface area contributed by atoms with E-state index in [0.29, 0.717) is 0 Å². The summed E-state index contributed by atoms with van der Waals surface area (Å²) in [4.78, 5) is 2.11. The summed E-state index contributed by atoms with van der Waals surface area (Å²) in [5.74, 6) is 0. The number of hydrogen-bond acceptors (Lipinski definition) is 4. The number of anilines is 1. The lowest BCUT2D eigenvalue weighted by Crippen LogP contribution is -2.18. The number of rotatable bonds is 4. The van der Waals surface area contributed by atoms with Crippen LogP contribution in [0.2, 0.25) is 0 Å². The van der Waals surface area contributed by atoms with Gasteiger partial charge >= 0.3 is 0 Å². The van der Waals surface area contributed by atoms with E-state index in [-0.39, 0.29) is 0 Å². The van der Waals surface area contributed by atoms with E-state index in [1.807, 2.05) is 7.05 Å². The first kappa shape index (κ1) is 8.93. The molecular weight excluding hydrogens is 226 g/mol. The maximum Gasteiger partial charge on any atom is 0.207 e. The molecule has 0 fully saturated rings. The van der Waals surface area contributed by atoms with Gasteiger partial charge in [-0.15, -0.1) is 10.2 Å². The number of hydrogen-bond donors (Lipinski definition) is 0. The molecule has 1 aromatic heterocycles. The van der Waals surface area contributed by atoms with Crippen LogP contribution < -0.4 is 4.90 Å². The van der Waals surface area contributed by atoms with Gasteiger partial charge in [-0.3, -0.25) is 0 Å². The first-order valence-corrected chi connectivity index (χ1v) is 5.38. The highest BCUT2D eigenvalue weighted by molar-refractivity contribution is 9.09. The van der Waals surface area contributed by atoms with Gasteiger partial charge < -0.3 is 4.90 Å². The van der Waals surface area contributed by atoms with E-state index in [1.165, 1.54) is 0 Å². The minimum Gasteiger partial charge on any atom is -0.350 e. The second-order valence-corrected chi connectivity index (χ2v) is 3.79. The van der Waals surface area contributed by atoms with Crippen molar-refractivity contribution < 1.29 is 0 Å². The van der Waals surface area contributed by atoms with Crippen LogP contribution in [-0.4, -0.2) is 29.1 Å². The van der Waals surface area contributed by atoms with Crippen LogP contribution in [0.3, 0.4) is 0 Å². The minimum absolute atomic E-state index is 0.992. The van der Waals surface area contributed by atoms with E-state index in [9.17, 15) is 0 Å². The average Bonchev–Trinajstić information content (AvgIpc) is 2.52. The van der Waals surface area contributed by atoms with Gasteiger partial charge in [0.25, 0.3) is 0 Å². The van der Waals surface area contributed by atoms with Crippen LogP contribution in [-0.2, 0) is 0 Å². The van der Waals surface area contributed by atoms with Crippen molar-refractivity contribution in [2.75, 3.05) is 23.8 Å². The number of aromatic nitrogens is 2. The number of halogens is 1. The normalized spacial score (nSPS) is 10.0. The summed E-state index contributed by atoms with van der Waals surface area (Å²) in [6, 6.07) is 0. The van der Waals surface area contributed by atoms with Crippen molar-refractivity contribution in [2.24, 2.45) is 0 Å². The standard InChI is InChI=1S/C6H10BrN3S/c1-10(4-2-3-7)6-9-8-5-11-6/h5H,2-4H2,1H3. The van der Waals surface area contributed by atoms with Gasteiger partial charge in [0, 0.05) is 18.9 Å². The second kappa shape index (κ2) is 4.66. The molecule has 0 saturated heterocycles. The van der Waals surface area contributed by atoms with E-state index in [2.05, 4.69) is 31.0 Å². The Balaban J connectivity index is 2.36. The van der Waals surface area contributed by atoms with Gasteiger partial charge in [0.15, 0.2) is 0 Å². The van der Waals surface area contributed by atoms with E-state index >= 15 is 0 Å². The Hall–Kier alpha value is -0.160. The SMILES string of the molecule is CN(CCCBr)c1nncs1. The van der Waals surface area contributed by atoms with Crippen LogP contribution >= 0.6 is 27.3 Å². The molecule has 0 radical (unpaired) electrons. The third-order valence-electron chi connectivity index (χ3n) is 1.30. The zero-order valence-corrected chi connectivity index (χ0v) is 8.73. The van der Waals surface area contributed by atoms with Crippen molar-refractivity contribution in [3.63, 3.8) is 0 Å². The maximum atomic E-state index is 3.95. The molecule has 0 aliphatic carbocycles. The molecule has 0 bridgehead atoms. The Kier molecular flexibility index (Phi) is 3.79. The highest BCUT2D eigenvalue weighted by Gasteiger charge is 2.01. The van der Waals surface area contributed by atoms with Crippen molar-refractivity contribution in [1.82, 2.24) is 10.2 Å². The summed E-state index contributed by atoms with van der Waals surface area (Å²) < 4.78 is 0. The third kappa shape index (κ3) is 2.75. The van der Waals surface area contributed by atoms with Crippen molar-refractivity contribution in [3.8, 4) is 0 Å². The van der Waals surface area contributed by atoms with Gasteiger partial charge in [-0.05, 0) is 6.42 Å². The molecule has 0 aliphatic rings. The minimum atomic E-state index is 0.992. The highest BCUT2D eigenvalue weighted by Crippen LogP contribution is 2.13. The average molecular weight is 236 g/mol. The molecule has 0 unspecified atom stereocenters. The van der Waals surface area contributed by atoms with Crippen molar-refractivity contribution in [2.45, 2.75) is 6.42 Å². The molecule has 1 heterocycles. The predicted octanol–water partition coefficient (Wildman–Crippen LogP) is 1.76. The molecule has 62 valence electrons. The molecule has 3 nitrogen and oxygen atoms in total. The predicted molar refractivity (Wildman–Crippen MR) is 51.6 cm³/mol. The van der Waals surface area contributed by atoms with Crippen LogP contribution in [0.4, 0.5) is 5.13 Å². The van der Waals surface area contributed by atoms with E-state index in [1.54, 1.807) is 16.8 Å². The number of alkyl halides is 1. The molecule has 0 N–H and O–H groups in total. The smallest absolute Gasteiger partial charge is 0.207 e. The molecule has 1 aromatic rings. The van der Waals surface area contributed by atoms with Crippen LogP contribution in [0.15, 0.2) is 5.51 Å². The van der Waals surface area contributed by atoms with Gasteiger partial charge in [0.05, 0.1) is 0 Å². The van der Waals surface area contributed by atoms with Crippen molar-refractivity contribution in [1.29, 1.82) is 0 Å². The molecule has 0 aromatic carbocycles. The zero-order chi connectivity index (χ0) is 8.10. The zero-order valence-electron chi connectivity index (χ0n) is 6.33. The van der Waals surface area contributed by atoms with Gasteiger partial charge in [-0.25, -0.2) is 0 Å².